The average Bonchev–Trinajstić information content (AvgIpc) is 3.50. The fourth-order valence-electron chi connectivity index (χ4n) is 3.01. The Bertz CT molecular complexity index is 914. The standard InChI is InChI=1S/C23H32N4O3S.HI/c1-5-24-23(25-13-18-9-7-8-10-19(18)30-14-17-11-12-17)27-16(4)21-26-15(3)20(31-21)22(28)29-6-2;/h7-10,16-17H,5-6,11-14H2,1-4H3,(H2,24,25,27);1H. The average molecular weight is 573 g/mol. The highest BCUT2D eigenvalue weighted by atomic mass is 127. The molecule has 0 spiro atoms. The van der Waals surface area contributed by atoms with Gasteiger partial charge in [-0.15, -0.1) is 35.3 Å². The number of nitrogens with zero attached hydrogens (tertiary/aromatic N) is 2. The number of para-hydroxylation sites is 1. The van der Waals surface area contributed by atoms with Crippen LogP contribution in [-0.2, 0) is 11.3 Å². The van der Waals surface area contributed by atoms with E-state index in [0.29, 0.717) is 35.6 Å². The molecule has 1 heterocycles. The summed E-state index contributed by atoms with van der Waals surface area (Å²) >= 11 is 1.36. The van der Waals surface area contributed by atoms with Crippen LogP contribution in [-0.4, -0.2) is 36.7 Å². The number of hydrogen-bond donors (Lipinski definition) is 2. The second kappa shape index (κ2) is 13.0. The van der Waals surface area contributed by atoms with Gasteiger partial charge in [-0.2, -0.15) is 0 Å². The highest BCUT2D eigenvalue weighted by molar-refractivity contribution is 14.0. The number of benzene rings is 1. The summed E-state index contributed by atoms with van der Waals surface area (Å²) in [7, 11) is 0. The van der Waals surface area contributed by atoms with Crippen molar-refractivity contribution in [2.75, 3.05) is 19.8 Å². The molecule has 1 aliphatic rings. The van der Waals surface area contributed by atoms with Gasteiger partial charge in [-0.3, -0.25) is 0 Å². The fourth-order valence-corrected chi connectivity index (χ4v) is 3.97. The van der Waals surface area contributed by atoms with Crippen LogP contribution in [0.2, 0.25) is 0 Å². The topological polar surface area (TPSA) is 84.8 Å². The van der Waals surface area contributed by atoms with Crippen LogP contribution in [0.15, 0.2) is 29.3 Å². The molecule has 2 aromatic rings. The van der Waals surface area contributed by atoms with Crippen LogP contribution in [0.5, 0.6) is 5.75 Å². The molecule has 3 rings (SSSR count). The van der Waals surface area contributed by atoms with E-state index in [9.17, 15) is 4.79 Å². The second-order valence-electron chi connectivity index (χ2n) is 7.61. The summed E-state index contributed by atoms with van der Waals surface area (Å²) < 4.78 is 11.1. The first-order valence-electron chi connectivity index (χ1n) is 10.9. The summed E-state index contributed by atoms with van der Waals surface area (Å²) in [4.78, 5) is 22.0. The number of aryl methyl sites for hydroxylation is 1. The Hall–Kier alpha value is -1.88. The summed E-state index contributed by atoms with van der Waals surface area (Å²) in [6.07, 6.45) is 2.53. The molecule has 2 N–H and O–H groups in total. The van der Waals surface area contributed by atoms with Gasteiger partial charge < -0.3 is 20.1 Å². The van der Waals surface area contributed by atoms with E-state index < -0.39 is 0 Å². The van der Waals surface area contributed by atoms with E-state index in [1.807, 2.05) is 39.0 Å². The van der Waals surface area contributed by atoms with Crippen molar-refractivity contribution in [2.45, 2.75) is 53.1 Å². The van der Waals surface area contributed by atoms with Crippen LogP contribution in [0.25, 0.3) is 0 Å². The molecule has 0 bridgehead atoms. The van der Waals surface area contributed by atoms with Crippen molar-refractivity contribution in [3.05, 3.63) is 45.4 Å². The Morgan fingerprint density at radius 2 is 2.06 bits per heavy atom. The van der Waals surface area contributed by atoms with Gasteiger partial charge in [0.1, 0.15) is 15.6 Å². The molecule has 176 valence electrons. The number of halogens is 1. The molecule has 1 aromatic carbocycles. The number of ether oxygens (including phenoxy) is 2. The lowest BCUT2D eigenvalue weighted by molar-refractivity contribution is 0.0531. The number of aromatic nitrogens is 1. The lowest BCUT2D eigenvalue weighted by atomic mass is 10.2. The van der Waals surface area contributed by atoms with Crippen LogP contribution in [0, 0.1) is 12.8 Å². The fraction of sp³-hybridized carbons (Fsp3) is 0.522. The van der Waals surface area contributed by atoms with Crippen molar-refractivity contribution >= 4 is 47.2 Å². The van der Waals surface area contributed by atoms with Crippen LogP contribution >= 0.6 is 35.3 Å². The SMILES string of the molecule is CCNC(=NCc1ccccc1OCC1CC1)NC(C)c1nc(C)c(C(=O)OCC)s1.I. The van der Waals surface area contributed by atoms with Gasteiger partial charge in [0.25, 0.3) is 0 Å². The quantitative estimate of drug-likeness (QED) is 0.183. The molecule has 0 amide bonds. The van der Waals surface area contributed by atoms with E-state index in [4.69, 9.17) is 14.5 Å². The van der Waals surface area contributed by atoms with Crippen molar-refractivity contribution in [3.8, 4) is 5.75 Å². The monoisotopic (exact) mass is 572 g/mol. The number of thiazole rings is 1. The largest absolute Gasteiger partial charge is 0.493 e. The summed E-state index contributed by atoms with van der Waals surface area (Å²) in [5.74, 6) is 1.98. The molecule has 1 atom stereocenters. The third-order valence-corrected chi connectivity index (χ3v) is 6.21. The first-order valence-corrected chi connectivity index (χ1v) is 11.7. The lowest BCUT2D eigenvalue weighted by Gasteiger charge is -2.16. The summed E-state index contributed by atoms with van der Waals surface area (Å²) in [5.41, 5.74) is 1.75. The Morgan fingerprint density at radius 3 is 2.75 bits per heavy atom. The van der Waals surface area contributed by atoms with Gasteiger partial charge in [0.05, 0.1) is 31.5 Å². The lowest BCUT2D eigenvalue weighted by Crippen LogP contribution is -2.38. The molecule has 0 radical (unpaired) electrons. The second-order valence-corrected chi connectivity index (χ2v) is 8.64. The van der Waals surface area contributed by atoms with Crippen LogP contribution in [0.3, 0.4) is 0 Å². The zero-order valence-electron chi connectivity index (χ0n) is 19.1. The van der Waals surface area contributed by atoms with Gasteiger partial charge in [0.2, 0.25) is 0 Å². The normalized spacial score (nSPS) is 14.3. The zero-order valence-corrected chi connectivity index (χ0v) is 22.3. The summed E-state index contributed by atoms with van der Waals surface area (Å²) in [6, 6.07) is 7.95. The van der Waals surface area contributed by atoms with Crippen molar-refractivity contribution in [2.24, 2.45) is 10.9 Å². The minimum Gasteiger partial charge on any atom is -0.493 e. The van der Waals surface area contributed by atoms with E-state index >= 15 is 0 Å². The number of nitrogens with one attached hydrogen (secondary N) is 2. The molecule has 9 heteroatoms. The Morgan fingerprint density at radius 1 is 1.31 bits per heavy atom. The molecule has 0 aliphatic heterocycles. The molecule has 32 heavy (non-hydrogen) atoms. The molecule has 0 saturated heterocycles. The maximum atomic E-state index is 12.1. The van der Waals surface area contributed by atoms with Gasteiger partial charge in [-0.25, -0.2) is 14.8 Å². The van der Waals surface area contributed by atoms with Crippen LogP contribution < -0.4 is 15.4 Å². The first kappa shape index (κ1) is 26.4. The predicted molar refractivity (Wildman–Crippen MR) is 139 cm³/mol. The number of carbonyl (C=O) groups excluding carboxylic acids is 1. The van der Waals surface area contributed by atoms with Gasteiger partial charge in [0.15, 0.2) is 5.96 Å². The minimum atomic E-state index is -0.320. The van der Waals surface area contributed by atoms with E-state index in [1.54, 1.807) is 6.92 Å². The van der Waals surface area contributed by atoms with Crippen LogP contribution in [0.4, 0.5) is 0 Å². The van der Waals surface area contributed by atoms with E-state index in [0.717, 1.165) is 29.5 Å². The number of carbonyl (C=O) groups is 1. The summed E-state index contributed by atoms with van der Waals surface area (Å²) in [6.45, 7) is 10.0. The molecule has 1 unspecified atom stereocenters. The highest BCUT2D eigenvalue weighted by Gasteiger charge is 2.22. The third kappa shape index (κ3) is 7.61. The Balaban J connectivity index is 0.00000363. The molecule has 7 nitrogen and oxygen atoms in total. The number of guanidine groups is 1. The van der Waals surface area contributed by atoms with Gasteiger partial charge in [0, 0.05) is 12.1 Å². The summed E-state index contributed by atoms with van der Waals surface area (Å²) in [5, 5.41) is 7.49. The molecular formula is C23H33IN4O3S. The van der Waals surface area contributed by atoms with E-state index in [2.05, 4.69) is 21.7 Å². The molecule has 1 fully saturated rings. The number of rotatable bonds is 10. The van der Waals surface area contributed by atoms with Crippen molar-refractivity contribution in [3.63, 3.8) is 0 Å². The van der Waals surface area contributed by atoms with E-state index in [1.165, 1.54) is 24.2 Å². The third-order valence-electron chi connectivity index (χ3n) is 4.89. The molecular weight excluding hydrogens is 539 g/mol. The van der Waals surface area contributed by atoms with Crippen molar-refractivity contribution in [1.82, 2.24) is 15.6 Å². The van der Waals surface area contributed by atoms with Gasteiger partial charge >= 0.3 is 5.97 Å². The molecule has 1 saturated carbocycles. The maximum absolute atomic E-state index is 12.1. The zero-order chi connectivity index (χ0) is 22.2. The number of aliphatic imine (C=N–C) groups is 1. The van der Waals surface area contributed by atoms with Crippen molar-refractivity contribution in [1.29, 1.82) is 0 Å². The molecule has 1 aromatic heterocycles. The van der Waals surface area contributed by atoms with Gasteiger partial charge in [-0.1, -0.05) is 18.2 Å². The minimum absolute atomic E-state index is 0. The predicted octanol–water partition coefficient (Wildman–Crippen LogP) is 4.85. The first-order chi connectivity index (χ1) is 15.0. The van der Waals surface area contributed by atoms with E-state index in [-0.39, 0.29) is 36.0 Å². The van der Waals surface area contributed by atoms with Crippen molar-refractivity contribution < 1.29 is 14.3 Å². The van der Waals surface area contributed by atoms with Crippen LogP contribution in [0.1, 0.15) is 65.6 Å². The molecule has 1 aliphatic carbocycles. The number of hydrogen-bond acceptors (Lipinski definition) is 6. The maximum Gasteiger partial charge on any atom is 0.350 e. The highest BCUT2D eigenvalue weighted by Crippen LogP contribution is 2.30. The Labute approximate surface area is 211 Å². The smallest absolute Gasteiger partial charge is 0.350 e. The Kier molecular flexibility index (Phi) is 10.7. The van der Waals surface area contributed by atoms with Gasteiger partial charge in [-0.05, 0) is 52.5 Å². The number of esters is 1.